The lowest BCUT2D eigenvalue weighted by atomic mass is 9.93. The number of rotatable bonds is 6. The van der Waals surface area contributed by atoms with Crippen LogP contribution in [0, 0.1) is 0 Å². The average molecular weight is 393 g/mol. The van der Waals surface area contributed by atoms with E-state index in [1.54, 1.807) is 24.3 Å². The molecule has 0 unspecified atom stereocenters. The van der Waals surface area contributed by atoms with Crippen molar-refractivity contribution in [3.63, 3.8) is 0 Å². The number of esters is 2. The summed E-state index contributed by atoms with van der Waals surface area (Å²) in [5.41, 5.74) is 3.15. The monoisotopic (exact) mass is 392 g/mol. The van der Waals surface area contributed by atoms with Gasteiger partial charge in [0, 0.05) is 29.5 Å². The molecule has 0 atom stereocenters. The highest BCUT2D eigenvalue weighted by molar-refractivity contribution is 6.31. The number of benzene rings is 2. The van der Waals surface area contributed by atoms with Crippen LogP contribution in [0.5, 0.6) is 0 Å². The molecular weight excluding hydrogens is 375 g/mol. The van der Waals surface area contributed by atoms with Crippen LogP contribution in [0.1, 0.15) is 25.0 Å². The minimum absolute atomic E-state index is 0.00317. The zero-order valence-electron chi connectivity index (χ0n) is 14.4. The number of halogens is 2. The second-order valence-corrected chi connectivity index (χ2v) is 6.43. The van der Waals surface area contributed by atoms with Gasteiger partial charge in [-0.15, -0.1) is 0 Å². The SMILES string of the molecule is CC(=O)OCC(COC(C)=O)=C(c1ccc(Cl)cc1)c1ccc(Cl)cc1. The molecule has 0 aliphatic rings. The van der Waals surface area contributed by atoms with E-state index in [2.05, 4.69) is 0 Å². The molecule has 0 aromatic heterocycles. The lowest BCUT2D eigenvalue weighted by Gasteiger charge is -2.17. The van der Waals surface area contributed by atoms with Gasteiger partial charge in [0.2, 0.25) is 0 Å². The van der Waals surface area contributed by atoms with Crippen LogP contribution in [-0.2, 0) is 19.1 Å². The maximum absolute atomic E-state index is 11.3. The van der Waals surface area contributed by atoms with Gasteiger partial charge in [-0.05, 0) is 41.0 Å². The molecule has 0 saturated carbocycles. The summed E-state index contributed by atoms with van der Waals surface area (Å²) in [4.78, 5) is 22.6. The van der Waals surface area contributed by atoms with E-state index in [-0.39, 0.29) is 13.2 Å². The van der Waals surface area contributed by atoms with Crippen molar-refractivity contribution in [3.8, 4) is 0 Å². The number of carbonyl (C=O) groups excluding carboxylic acids is 2. The Bertz CT molecular complexity index is 741. The minimum Gasteiger partial charge on any atom is -0.461 e. The molecule has 2 rings (SSSR count). The normalized spacial score (nSPS) is 10.2. The Morgan fingerprint density at radius 3 is 1.38 bits per heavy atom. The van der Waals surface area contributed by atoms with E-state index < -0.39 is 11.9 Å². The first kappa shape index (κ1) is 20.0. The lowest BCUT2D eigenvalue weighted by Crippen LogP contribution is -2.13. The smallest absolute Gasteiger partial charge is 0.302 e. The Kier molecular flexibility index (Phi) is 7.25. The second kappa shape index (κ2) is 9.41. The molecule has 2 aromatic rings. The van der Waals surface area contributed by atoms with Gasteiger partial charge in [-0.3, -0.25) is 9.59 Å². The molecule has 0 radical (unpaired) electrons. The van der Waals surface area contributed by atoms with Crippen LogP contribution in [0.3, 0.4) is 0 Å². The Hall–Kier alpha value is -2.30. The van der Waals surface area contributed by atoms with Gasteiger partial charge in [0.25, 0.3) is 0 Å². The quantitative estimate of drug-likeness (QED) is 0.654. The van der Waals surface area contributed by atoms with E-state index in [9.17, 15) is 9.59 Å². The van der Waals surface area contributed by atoms with E-state index in [1.165, 1.54) is 13.8 Å². The first-order valence-corrected chi connectivity index (χ1v) is 8.63. The Labute approximate surface area is 162 Å². The molecule has 0 aliphatic heterocycles. The van der Waals surface area contributed by atoms with E-state index >= 15 is 0 Å². The molecule has 0 aliphatic carbocycles. The fourth-order valence-corrected chi connectivity index (χ4v) is 2.62. The number of hydrogen-bond acceptors (Lipinski definition) is 4. The number of ether oxygens (including phenoxy) is 2. The van der Waals surface area contributed by atoms with Gasteiger partial charge in [0.15, 0.2) is 0 Å². The predicted octanol–water partition coefficient (Wildman–Crippen LogP) is 4.92. The van der Waals surface area contributed by atoms with Gasteiger partial charge in [0.05, 0.1) is 0 Å². The molecule has 0 heterocycles. The first-order valence-electron chi connectivity index (χ1n) is 7.87. The summed E-state index contributed by atoms with van der Waals surface area (Å²) >= 11 is 12.0. The molecule has 6 heteroatoms. The van der Waals surface area contributed by atoms with Crippen molar-refractivity contribution in [2.45, 2.75) is 13.8 Å². The van der Waals surface area contributed by atoms with Gasteiger partial charge in [-0.1, -0.05) is 47.5 Å². The molecule has 136 valence electrons. The molecule has 0 saturated heterocycles. The van der Waals surface area contributed by atoms with E-state index in [4.69, 9.17) is 32.7 Å². The van der Waals surface area contributed by atoms with Crippen molar-refractivity contribution in [1.82, 2.24) is 0 Å². The minimum atomic E-state index is -0.420. The van der Waals surface area contributed by atoms with Crippen molar-refractivity contribution >= 4 is 40.7 Å². The van der Waals surface area contributed by atoms with Crippen LogP contribution in [-0.4, -0.2) is 25.2 Å². The van der Waals surface area contributed by atoms with Crippen LogP contribution in [0.4, 0.5) is 0 Å². The van der Waals surface area contributed by atoms with Crippen molar-refractivity contribution in [3.05, 3.63) is 75.3 Å². The highest BCUT2D eigenvalue weighted by atomic mass is 35.5. The van der Waals surface area contributed by atoms with Crippen LogP contribution in [0.15, 0.2) is 54.1 Å². The fourth-order valence-electron chi connectivity index (χ4n) is 2.37. The molecule has 4 nitrogen and oxygen atoms in total. The van der Waals surface area contributed by atoms with Crippen molar-refractivity contribution < 1.29 is 19.1 Å². The van der Waals surface area contributed by atoms with Gasteiger partial charge in [-0.25, -0.2) is 0 Å². The Balaban J connectivity index is 2.58. The van der Waals surface area contributed by atoms with E-state index in [0.29, 0.717) is 15.6 Å². The molecular formula is C20H18Cl2O4. The third-order valence-electron chi connectivity index (χ3n) is 3.52. The van der Waals surface area contributed by atoms with Crippen LogP contribution < -0.4 is 0 Å². The summed E-state index contributed by atoms with van der Waals surface area (Å²) in [6, 6.07) is 14.5. The van der Waals surface area contributed by atoms with Crippen LogP contribution in [0.25, 0.3) is 5.57 Å². The van der Waals surface area contributed by atoms with Crippen LogP contribution >= 0.6 is 23.2 Å². The molecule has 0 N–H and O–H groups in total. The van der Waals surface area contributed by atoms with Crippen molar-refractivity contribution in [1.29, 1.82) is 0 Å². The number of hydrogen-bond donors (Lipinski definition) is 0. The zero-order valence-corrected chi connectivity index (χ0v) is 15.9. The topological polar surface area (TPSA) is 52.6 Å². The summed E-state index contributed by atoms with van der Waals surface area (Å²) in [6.45, 7) is 2.66. The molecule has 0 fully saturated rings. The highest BCUT2D eigenvalue weighted by Crippen LogP contribution is 2.29. The van der Waals surface area contributed by atoms with Gasteiger partial charge < -0.3 is 9.47 Å². The van der Waals surface area contributed by atoms with Crippen molar-refractivity contribution in [2.75, 3.05) is 13.2 Å². The summed E-state index contributed by atoms with van der Waals surface area (Å²) in [5.74, 6) is -0.839. The molecule has 0 spiro atoms. The summed E-state index contributed by atoms with van der Waals surface area (Å²) in [6.07, 6.45) is 0. The molecule has 0 bridgehead atoms. The molecule has 0 amide bonds. The van der Waals surface area contributed by atoms with Gasteiger partial charge >= 0.3 is 11.9 Å². The standard InChI is InChI=1S/C20H18Cl2O4/c1-13(23)25-11-17(12-26-14(2)24)20(15-3-7-18(21)8-4-15)16-5-9-19(22)10-6-16/h3-10H,11-12H2,1-2H3. The van der Waals surface area contributed by atoms with Gasteiger partial charge in [-0.2, -0.15) is 0 Å². The summed E-state index contributed by atoms with van der Waals surface area (Å²) in [7, 11) is 0. The van der Waals surface area contributed by atoms with Gasteiger partial charge in [0.1, 0.15) is 13.2 Å². The fraction of sp³-hybridized carbons (Fsp3) is 0.200. The third kappa shape index (κ3) is 5.90. The second-order valence-electron chi connectivity index (χ2n) is 5.55. The summed E-state index contributed by atoms with van der Waals surface area (Å²) in [5, 5.41) is 1.21. The van der Waals surface area contributed by atoms with E-state index in [1.807, 2.05) is 24.3 Å². The maximum Gasteiger partial charge on any atom is 0.302 e. The Morgan fingerprint density at radius 2 is 1.08 bits per heavy atom. The zero-order chi connectivity index (χ0) is 19.1. The third-order valence-corrected chi connectivity index (χ3v) is 4.02. The lowest BCUT2D eigenvalue weighted by molar-refractivity contribution is -0.141. The molecule has 26 heavy (non-hydrogen) atoms. The summed E-state index contributed by atoms with van der Waals surface area (Å²) < 4.78 is 10.3. The predicted molar refractivity (Wildman–Crippen MR) is 102 cm³/mol. The number of carbonyl (C=O) groups is 2. The largest absolute Gasteiger partial charge is 0.461 e. The van der Waals surface area contributed by atoms with Crippen molar-refractivity contribution in [2.24, 2.45) is 0 Å². The van der Waals surface area contributed by atoms with Crippen LogP contribution in [0.2, 0.25) is 10.0 Å². The van der Waals surface area contributed by atoms with E-state index in [0.717, 1.165) is 16.7 Å². The molecule has 2 aromatic carbocycles. The first-order chi connectivity index (χ1) is 12.4. The Morgan fingerprint density at radius 1 is 0.731 bits per heavy atom. The average Bonchev–Trinajstić information content (AvgIpc) is 2.59. The highest BCUT2D eigenvalue weighted by Gasteiger charge is 2.15. The maximum atomic E-state index is 11.3.